The van der Waals surface area contributed by atoms with Gasteiger partial charge in [-0.05, 0) is 51.9 Å². The molecule has 0 bridgehead atoms. The molecular formula is C15H22F2N2. The van der Waals surface area contributed by atoms with Crippen molar-refractivity contribution in [2.75, 3.05) is 27.2 Å². The highest BCUT2D eigenvalue weighted by Crippen LogP contribution is 2.29. The first-order chi connectivity index (χ1) is 9.11. The third kappa shape index (κ3) is 3.98. The molecule has 1 atom stereocenters. The molecule has 1 unspecified atom stereocenters. The zero-order valence-electron chi connectivity index (χ0n) is 11.6. The molecule has 0 amide bonds. The van der Waals surface area contributed by atoms with Gasteiger partial charge < -0.3 is 10.2 Å². The minimum atomic E-state index is -0.774. The Labute approximate surface area is 113 Å². The highest BCUT2D eigenvalue weighted by Gasteiger charge is 2.23. The second-order valence-corrected chi connectivity index (χ2v) is 5.48. The summed E-state index contributed by atoms with van der Waals surface area (Å²) in [6.07, 6.45) is 3.44. The summed E-state index contributed by atoms with van der Waals surface area (Å²) in [4.78, 5) is 2.28. The molecule has 1 saturated carbocycles. The van der Waals surface area contributed by atoms with Crippen LogP contribution >= 0.6 is 0 Å². The van der Waals surface area contributed by atoms with Crippen molar-refractivity contribution in [3.63, 3.8) is 0 Å². The van der Waals surface area contributed by atoms with E-state index in [1.165, 1.54) is 12.8 Å². The minimum absolute atomic E-state index is 0.141. The van der Waals surface area contributed by atoms with E-state index in [4.69, 9.17) is 0 Å². The van der Waals surface area contributed by atoms with Gasteiger partial charge in [-0.3, -0.25) is 0 Å². The van der Waals surface area contributed by atoms with Gasteiger partial charge >= 0.3 is 0 Å². The van der Waals surface area contributed by atoms with Crippen molar-refractivity contribution in [3.05, 3.63) is 35.4 Å². The molecule has 1 fully saturated rings. The van der Waals surface area contributed by atoms with Crippen molar-refractivity contribution in [2.45, 2.75) is 25.3 Å². The van der Waals surface area contributed by atoms with Gasteiger partial charge in [-0.15, -0.1) is 0 Å². The first kappa shape index (κ1) is 14.4. The van der Waals surface area contributed by atoms with Gasteiger partial charge in [0.2, 0.25) is 0 Å². The van der Waals surface area contributed by atoms with Gasteiger partial charge in [0.05, 0.1) is 0 Å². The highest BCUT2D eigenvalue weighted by molar-refractivity contribution is 5.22. The van der Waals surface area contributed by atoms with E-state index in [2.05, 4.69) is 17.3 Å². The van der Waals surface area contributed by atoms with Crippen LogP contribution in [0, 0.1) is 17.6 Å². The van der Waals surface area contributed by atoms with Crippen molar-refractivity contribution in [1.29, 1.82) is 0 Å². The van der Waals surface area contributed by atoms with E-state index in [1.807, 2.05) is 0 Å². The summed E-state index contributed by atoms with van der Waals surface area (Å²) in [5.41, 5.74) is 0.419. The van der Waals surface area contributed by atoms with E-state index < -0.39 is 11.6 Å². The summed E-state index contributed by atoms with van der Waals surface area (Å²) in [6.45, 7) is 2.00. The molecule has 1 aromatic rings. The first-order valence-corrected chi connectivity index (χ1v) is 6.91. The van der Waals surface area contributed by atoms with Gasteiger partial charge in [0, 0.05) is 18.2 Å². The van der Waals surface area contributed by atoms with Gasteiger partial charge in [0.1, 0.15) is 0 Å². The molecule has 0 radical (unpaired) electrons. The second-order valence-electron chi connectivity index (χ2n) is 5.48. The maximum atomic E-state index is 13.8. The SMILES string of the molecule is CNC(CCN(C)CC1CC1)c1cccc(F)c1F. The van der Waals surface area contributed by atoms with Crippen LogP contribution in [0.3, 0.4) is 0 Å². The first-order valence-electron chi connectivity index (χ1n) is 6.91. The Morgan fingerprint density at radius 3 is 2.74 bits per heavy atom. The second kappa shape index (κ2) is 6.44. The quantitative estimate of drug-likeness (QED) is 0.818. The van der Waals surface area contributed by atoms with Gasteiger partial charge in [0.15, 0.2) is 11.6 Å². The summed E-state index contributed by atoms with van der Waals surface area (Å²) in [6, 6.07) is 4.23. The summed E-state index contributed by atoms with van der Waals surface area (Å²) in [5.74, 6) is -0.653. The van der Waals surface area contributed by atoms with Gasteiger partial charge in [-0.2, -0.15) is 0 Å². The predicted octanol–water partition coefficient (Wildman–Crippen LogP) is 2.96. The lowest BCUT2D eigenvalue weighted by Crippen LogP contribution is -2.27. The van der Waals surface area contributed by atoms with Crippen LogP contribution < -0.4 is 5.32 Å². The number of hydrogen-bond acceptors (Lipinski definition) is 2. The van der Waals surface area contributed by atoms with Crippen LogP contribution in [-0.2, 0) is 0 Å². The standard InChI is InChI=1S/C15H22F2N2/c1-18-14(8-9-19(2)10-11-6-7-11)12-4-3-5-13(16)15(12)17/h3-5,11,14,18H,6-10H2,1-2H3. The fourth-order valence-electron chi connectivity index (χ4n) is 2.43. The number of nitrogens with zero attached hydrogens (tertiary/aromatic N) is 1. The van der Waals surface area contributed by atoms with Crippen molar-refractivity contribution in [2.24, 2.45) is 5.92 Å². The van der Waals surface area contributed by atoms with Crippen molar-refractivity contribution < 1.29 is 8.78 Å². The molecule has 1 N–H and O–H groups in total. The third-order valence-electron chi connectivity index (χ3n) is 3.77. The lowest BCUT2D eigenvalue weighted by molar-refractivity contribution is 0.297. The molecule has 106 valence electrons. The zero-order chi connectivity index (χ0) is 13.8. The van der Waals surface area contributed by atoms with Crippen LogP contribution in [0.1, 0.15) is 30.9 Å². The van der Waals surface area contributed by atoms with Crippen LogP contribution in [0.2, 0.25) is 0 Å². The van der Waals surface area contributed by atoms with Crippen LogP contribution in [0.15, 0.2) is 18.2 Å². The number of rotatable bonds is 7. The lowest BCUT2D eigenvalue weighted by atomic mass is 10.0. The molecule has 0 saturated heterocycles. The fourth-order valence-corrected chi connectivity index (χ4v) is 2.43. The molecule has 0 aromatic heterocycles. The topological polar surface area (TPSA) is 15.3 Å². The zero-order valence-corrected chi connectivity index (χ0v) is 11.6. The molecule has 2 rings (SSSR count). The van der Waals surface area contributed by atoms with Crippen LogP contribution in [0.25, 0.3) is 0 Å². The lowest BCUT2D eigenvalue weighted by Gasteiger charge is -2.22. The summed E-state index contributed by atoms with van der Waals surface area (Å²) in [5, 5.41) is 3.08. The molecule has 0 heterocycles. The van der Waals surface area contributed by atoms with E-state index in [1.54, 1.807) is 19.2 Å². The van der Waals surface area contributed by atoms with Crippen LogP contribution in [0.4, 0.5) is 8.78 Å². The van der Waals surface area contributed by atoms with E-state index in [-0.39, 0.29) is 6.04 Å². The van der Waals surface area contributed by atoms with Crippen molar-refractivity contribution >= 4 is 0 Å². The summed E-state index contributed by atoms with van der Waals surface area (Å²) in [7, 11) is 3.88. The highest BCUT2D eigenvalue weighted by atomic mass is 19.2. The average Bonchev–Trinajstić information content (AvgIpc) is 3.18. The molecule has 0 spiro atoms. The number of halogens is 2. The van der Waals surface area contributed by atoms with Crippen molar-refractivity contribution in [3.8, 4) is 0 Å². The van der Waals surface area contributed by atoms with E-state index in [0.29, 0.717) is 5.56 Å². The van der Waals surface area contributed by atoms with E-state index in [0.717, 1.165) is 31.5 Å². The molecule has 1 aliphatic carbocycles. The third-order valence-corrected chi connectivity index (χ3v) is 3.77. The molecular weight excluding hydrogens is 246 g/mol. The summed E-state index contributed by atoms with van der Waals surface area (Å²) < 4.78 is 27.0. The number of benzene rings is 1. The molecule has 4 heteroatoms. The fraction of sp³-hybridized carbons (Fsp3) is 0.600. The normalized spacial score (nSPS) is 16.9. The Bertz CT molecular complexity index is 419. The van der Waals surface area contributed by atoms with Crippen LogP contribution in [0.5, 0.6) is 0 Å². The monoisotopic (exact) mass is 268 g/mol. The number of hydrogen-bond donors (Lipinski definition) is 1. The Morgan fingerprint density at radius 1 is 1.37 bits per heavy atom. The van der Waals surface area contributed by atoms with Gasteiger partial charge in [-0.1, -0.05) is 12.1 Å². The Kier molecular flexibility index (Phi) is 4.88. The molecule has 1 aromatic carbocycles. The minimum Gasteiger partial charge on any atom is -0.313 e. The Balaban J connectivity index is 1.93. The number of nitrogens with one attached hydrogen (secondary N) is 1. The van der Waals surface area contributed by atoms with Crippen LogP contribution in [-0.4, -0.2) is 32.1 Å². The van der Waals surface area contributed by atoms with E-state index in [9.17, 15) is 8.78 Å². The van der Waals surface area contributed by atoms with Gasteiger partial charge in [-0.25, -0.2) is 8.78 Å². The molecule has 0 aliphatic heterocycles. The molecule has 1 aliphatic rings. The average molecular weight is 268 g/mol. The van der Waals surface area contributed by atoms with E-state index >= 15 is 0 Å². The molecule has 2 nitrogen and oxygen atoms in total. The smallest absolute Gasteiger partial charge is 0.163 e. The molecule has 19 heavy (non-hydrogen) atoms. The summed E-state index contributed by atoms with van der Waals surface area (Å²) >= 11 is 0. The Hall–Kier alpha value is -1.00. The van der Waals surface area contributed by atoms with Gasteiger partial charge in [0.25, 0.3) is 0 Å². The maximum Gasteiger partial charge on any atom is 0.163 e. The predicted molar refractivity (Wildman–Crippen MR) is 73.0 cm³/mol. The maximum absolute atomic E-state index is 13.8. The van der Waals surface area contributed by atoms with Crippen molar-refractivity contribution in [1.82, 2.24) is 10.2 Å². The largest absolute Gasteiger partial charge is 0.313 e. The Morgan fingerprint density at radius 2 is 2.11 bits per heavy atom.